The van der Waals surface area contributed by atoms with Crippen LogP contribution < -0.4 is 14.8 Å². The molecule has 26 heavy (non-hydrogen) atoms. The minimum Gasteiger partial charge on any atom is -0.454 e. The lowest BCUT2D eigenvalue weighted by Crippen LogP contribution is -2.26. The van der Waals surface area contributed by atoms with Crippen molar-refractivity contribution < 1.29 is 14.3 Å². The van der Waals surface area contributed by atoms with Gasteiger partial charge in [-0.1, -0.05) is 12.1 Å². The smallest absolute Gasteiger partial charge is 0.231 e. The van der Waals surface area contributed by atoms with Crippen molar-refractivity contribution in [1.82, 2.24) is 0 Å². The fraction of sp³-hybridized carbons (Fsp3) is 0.286. The fourth-order valence-corrected chi connectivity index (χ4v) is 4.50. The Kier molecular flexibility index (Phi) is 3.71. The number of hydrogen-bond acceptors (Lipinski definition) is 5. The molecule has 2 aliphatic heterocycles. The van der Waals surface area contributed by atoms with Crippen LogP contribution >= 0.6 is 11.8 Å². The van der Waals surface area contributed by atoms with E-state index in [0.717, 1.165) is 52.4 Å². The van der Waals surface area contributed by atoms with Crippen molar-refractivity contribution in [2.45, 2.75) is 30.1 Å². The van der Waals surface area contributed by atoms with Gasteiger partial charge in [-0.2, -0.15) is 0 Å². The Morgan fingerprint density at radius 2 is 1.85 bits per heavy atom. The molecule has 2 heterocycles. The lowest BCUT2D eigenvalue weighted by molar-refractivity contribution is -0.116. The van der Waals surface area contributed by atoms with Crippen molar-refractivity contribution >= 4 is 23.2 Å². The molecule has 0 saturated heterocycles. The van der Waals surface area contributed by atoms with E-state index in [-0.39, 0.29) is 18.5 Å². The average Bonchev–Trinajstić information content (AvgIpc) is 3.12. The van der Waals surface area contributed by atoms with Crippen LogP contribution in [0.4, 0.5) is 5.69 Å². The van der Waals surface area contributed by atoms with Gasteiger partial charge in [0.05, 0.1) is 0 Å². The number of benzene rings is 2. The van der Waals surface area contributed by atoms with Crippen molar-refractivity contribution in [2.24, 2.45) is 0 Å². The first-order valence-electron chi connectivity index (χ1n) is 8.85. The van der Waals surface area contributed by atoms with Crippen LogP contribution in [0.1, 0.15) is 36.3 Å². The van der Waals surface area contributed by atoms with E-state index < -0.39 is 0 Å². The average molecular weight is 365 g/mol. The summed E-state index contributed by atoms with van der Waals surface area (Å²) in [5, 5.41) is 3.50. The first-order valence-corrected chi connectivity index (χ1v) is 10.1. The van der Waals surface area contributed by atoms with E-state index in [1.165, 1.54) is 4.90 Å². The van der Waals surface area contributed by atoms with E-state index in [9.17, 15) is 4.79 Å². The summed E-state index contributed by atoms with van der Waals surface area (Å²) in [6.07, 6.45) is 4.51. The summed E-state index contributed by atoms with van der Waals surface area (Å²) in [4.78, 5) is 14.0. The molecule has 0 aromatic heterocycles. The van der Waals surface area contributed by atoms with E-state index in [1.807, 2.05) is 12.1 Å². The van der Waals surface area contributed by atoms with Gasteiger partial charge in [-0.05, 0) is 48.4 Å². The summed E-state index contributed by atoms with van der Waals surface area (Å²) in [5.41, 5.74) is 5.22. The first-order chi connectivity index (χ1) is 12.7. The van der Waals surface area contributed by atoms with Gasteiger partial charge in [0.1, 0.15) is 0 Å². The van der Waals surface area contributed by atoms with Gasteiger partial charge < -0.3 is 14.8 Å². The molecule has 1 atom stereocenters. The molecule has 0 radical (unpaired) electrons. The van der Waals surface area contributed by atoms with Crippen LogP contribution in [0.25, 0.3) is 0 Å². The third-order valence-electron chi connectivity index (χ3n) is 5.34. The summed E-state index contributed by atoms with van der Waals surface area (Å²) < 4.78 is 11.1. The van der Waals surface area contributed by atoms with Crippen LogP contribution in [0, 0.1) is 0 Å². The monoisotopic (exact) mass is 365 g/mol. The Labute approximate surface area is 156 Å². The summed E-state index contributed by atoms with van der Waals surface area (Å²) >= 11 is 1.72. The summed E-state index contributed by atoms with van der Waals surface area (Å²) in [7, 11) is 0. The highest BCUT2D eigenvalue weighted by atomic mass is 32.2. The number of carbonyl (C=O) groups excluding carboxylic acids is 1. The number of Topliss-reactive ketones (excluding diaryl/α,β-unsaturated/α-hetero) is 1. The number of ketones is 1. The van der Waals surface area contributed by atoms with Crippen molar-refractivity contribution in [3.63, 3.8) is 0 Å². The Hall–Kier alpha value is -2.40. The van der Waals surface area contributed by atoms with Crippen LogP contribution in [0.3, 0.4) is 0 Å². The van der Waals surface area contributed by atoms with Gasteiger partial charge in [-0.15, -0.1) is 11.8 Å². The van der Waals surface area contributed by atoms with Crippen LogP contribution in [-0.4, -0.2) is 18.8 Å². The van der Waals surface area contributed by atoms with Crippen LogP contribution in [0.5, 0.6) is 11.5 Å². The van der Waals surface area contributed by atoms with E-state index in [0.29, 0.717) is 6.42 Å². The van der Waals surface area contributed by atoms with E-state index in [1.54, 1.807) is 11.8 Å². The maximum atomic E-state index is 12.8. The summed E-state index contributed by atoms with van der Waals surface area (Å²) in [6.45, 7) is 0.247. The highest BCUT2D eigenvalue weighted by Gasteiger charge is 2.36. The molecule has 5 heteroatoms. The quantitative estimate of drug-likeness (QED) is 0.782. The lowest BCUT2D eigenvalue weighted by Gasteiger charge is -2.34. The predicted molar refractivity (Wildman–Crippen MR) is 102 cm³/mol. The van der Waals surface area contributed by atoms with E-state index in [4.69, 9.17) is 9.47 Å². The molecule has 0 fully saturated rings. The Bertz CT molecular complexity index is 933. The largest absolute Gasteiger partial charge is 0.454 e. The Morgan fingerprint density at radius 3 is 2.62 bits per heavy atom. The molecule has 1 N–H and O–H groups in total. The number of thioether (sulfide) groups is 1. The number of ether oxygens (including phenoxy) is 2. The van der Waals surface area contributed by atoms with Crippen molar-refractivity contribution in [1.29, 1.82) is 0 Å². The number of carbonyl (C=O) groups is 1. The highest BCUT2D eigenvalue weighted by Crippen LogP contribution is 2.49. The molecule has 0 amide bonds. The number of nitrogens with one attached hydrogen (secondary N) is 1. The second kappa shape index (κ2) is 6.09. The molecule has 4 nitrogen and oxygen atoms in total. The Morgan fingerprint density at radius 1 is 1.08 bits per heavy atom. The topological polar surface area (TPSA) is 47.6 Å². The molecule has 5 rings (SSSR count). The zero-order valence-corrected chi connectivity index (χ0v) is 15.3. The molecule has 1 aliphatic carbocycles. The van der Waals surface area contributed by atoms with Gasteiger partial charge in [0.2, 0.25) is 6.79 Å². The van der Waals surface area contributed by atoms with Crippen LogP contribution in [0.2, 0.25) is 0 Å². The number of fused-ring (bicyclic) bond motifs is 2. The minimum absolute atomic E-state index is 0.0561. The standard InChI is InChI=1S/C21H19NO3S/c1-26-13-7-5-12(6-8-13)20-14-9-18-19(25-11-24-18)10-16(14)22-15-3-2-4-17(23)21(15)20/h5-10,20,22H,2-4,11H2,1H3. The SMILES string of the molecule is CSc1ccc(C2C3=C(CCCC3=O)Nc3cc4c(cc32)OCO4)cc1. The molecule has 0 saturated carbocycles. The maximum absolute atomic E-state index is 12.8. The maximum Gasteiger partial charge on any atom is 0.231 e. The summed E-state index contributed by atoms with van der Waals surface area (Å²) in [6, 6.07) is 12.6. The van der Waals surface area contributed by atoms with E-state index in [2.05, 4.69) is 35.8 Å². The third-order valence-corrected chi connectivity index (χ3v) is 6.08. The second-order valence-corrected chi connectivity index (χ2v) is 7.67. The number of anilines is 1. The van der Waals surface area contributed by atoms with Gasteiger partial charge in [-0.25, -0.2) is 0 Å². The molecular formula is C21H19NO3S. The van der Waals surface area contributed by atoms with Crippen LogP contribution in [0.15, 0.2) is 52.6 Å². The first kappa shape index (κ1) is 15.8. The van der Waals surface area contributed by atoms with E-state index >= 15 is 0 Å². The van der Waals surface area contributed by atoms with Crippen molar-refractivity contribution in [3.05, 3.63) is 58.8 Å². The summed E-state index contributed by atoms with van der Waals surface area (Å²) in [5.74, 6) is 1.71. The van der Waals surface area contributed by atoms with Crippen LogP contribution in [-0.2, 0) is 4.79 Å². The van der Waals surface area contributed by atoms with Gasteiger partial charge in [0.15, 0.2) is 17.3 Å². The predicted octanol–water partition coefficient (Wildman–Crippen LogP) is 4.70. The van der Waals surface area contributed by atoms with Gasteiger partial charge in [-0.3, -0.25) is 4.79 Å². The molecule has 3 aliphatic rings. The van der Waals surface area contributed by atoms with Crippen molar-refractivity contribution in [3.8, 4) is 11.5 Å². The number of allylic oxidation sites excluding steroid dienone is 2. The normalized spacial score (nSPS) is 20.5. The van der Waals surface area contributed by atoms with Gasteiger partial charge >= 0.3 is 0 Å². The molecule has 1 unspecified atom stereocenters. The zero-order valence-electron chi connectivity index (χ0n) is 14.5. The lowest BCUT2D eigenvalue weighted by atomic mass is 9.75. The third kappa shape index (κ3) is 2.42. The van der Waals surface area contributed by atoms with Crippen molar-refractivity contribution in [2.75, 3.05) is 18.4 Å². The zero-order chi connectivity index (χ0) is 17.7. The number of rotatable bonds is 2. The van der Waals surface area contributed by atoms with Gasteiger partial charge in [0, 0.05) is 40.3 Å². The minimum atomic E-state index is -0.0561. The molecule has 2 aromatic carbocycles. The Balaban J connectivity index is 1.70. The molecule has 2 aromatic rings. The molecule has 0 bridgehead atoms. The molecule has 132 valence electrons. The molecule has 0 spiro atoms. The second-order valence-electron chi connectivity index (χ2n) is 6.79. The highest BCUT2D eigenvalue weighted by molar-refractivity contribution is 7.98. The van der Waals surface area contributed by atoms with Gasteiger partial charge in [0.25, 0.3) is 0 Å². The molecular weight excluding hydrogens is 346 g/mol. The number of hydrogen-bond donors (Lipinski definition) is 1. The fourth-order valence-electron chi connectivity index (χ4n) is 4.09.